The zero-order valence-electron chi connectivity index (χ0n) is 15.6. The monoisotopic (exact) mass is 376 g/mol. The summed E-state index contributed by atoms with van der Waals surface area (Å²) in [4.78, 5) is 24.7. The Morgan fingerprint density at radius 2 is 1.25 bits per heavy atom. The first kappa shape index (κ1) is 19.0. The van der Waals surface area contributed by atoms with Gasteiger partial charge in [0.05, 0.1) is 19.9 Å². The highest BCUT2D eigenvalue weighted by Crippen LogP contribution is 2.24. The molecule has 0 aromatic heterocycles. The van der Waals surface area contributed by atoms with Gasteiger partial charge in [0.15, 0.2) is 0 Å². The molecule has 0 fully saturated rings. The lowest BCUT2D eigenvalue weighted by Gasteiger charge is -2.10. The Hall–Kier alpha value is -3.80. The minimum Gasteiger partial charge on any atom is -0.497 e. The SMILES string of the molecule is COc1ccc(C(=O)Nc2ccc(C(=O)Nc3ccccc3OC)cc2)cc1. The lowest BCUT2D eigenvalue weighted by Crippen LogP contribution is -2.14. The first-order valence-corrected chi connectivity index (χ1v) is 8.60. The van der Waals surface area contributed by atoms with Crippen LogP contribution in [-0.4, -0.2) is 26.0 Å². The molecule has 3 rings (SSSR count). The lowest BCUT2D eigenvalue weighted by atomic mass is 10.1. The number of para-hydroxylation sites is 2. The highest BCUT2D eigenvalue weighted by molar-refractivity contribution is 6.06. The molecule has 3 aromatic carbocycles. The van der Waals surface area contributed by atoms with Gasteiger partial charge < -0.3 is 20.1 Å². The van der Waals surface area contributed by atoms with Crippen molar-refractivity contribution >= 4 is 23.2 Å². The second-order valence-electron chi connectivity index (χ2n) is 5.91. The fourth-order valence-corrected chi connectivity index (χ4v) is 2.59. The molecule has 28 heavy (non-hydrogen) atoms. The second-order valence-corrected chi connectivity index (χ2v) is 5.91. The minimum absolute atomic E-state index is 0.242. The van der Waals surface area contributed by atoms with Crippen LogP contribution in [-0.2, 0) is 0 Å². The Morgan fingerprint density at radius 1 is 0.679 bits per heavy atom. The van der Waals surface area contributed by atoms with Crippen LogP contribution in [0.3, 0.4) is 0 Å². The van der Waals surface area contributed by atoms with Crippen LogP contribution in [0.2, 0.25) is 0 Å². The quantitative estimate of drug-likeness (QED) is 0.676. The summed E-state index contributed by atoms with van der Waals surface area (Å²) in [5.41, 5.74) is 2.16. The second kappa shape index (κ2) is 8.73. The zero-order valence-corrected chi connectivity index (χ0v) is 15.6. The molecule has 0 unspecified atom stereocenters. The summed E-state index contributed by atoms with van der Waals surface area (Å²) in [6.45, 7) is 0. The van der Waals surface area contributed by atoms with Crippen molar-refractivity contribution in [1.82, 2.24) is 0 Å². The van der Waals surface area contributed by atoms with E-state index in [4.69, 9.17) is 9.47 Å². The summed E-state index contributed by atoms with van der Waals surface area (Å²) in [6, 6.07) is 20.6. The van der Waals surface area contributed by atoms with Crippen molar-refractivity contribution in [3.63, 3.8) is 0 Å². The van der Waals surface area contributed by atoms with E-state index in [1.54, 1.807) is 74.9 Å². The number of rotatable bonds is 6. The molecule has 3 aromatic rings. The Kier molecular flexibility index (Phi) is 5.91. The Labute approximate surface area is 163 Å². The van der Waals surface area contributed by atoms with E-state index in [1.807, 2.05) is 12.1 Å². The van der Waals surface area contributed by atoms with E-state index < -0.39 is 0 Å². The number of nitrogens with one attached hydrogen (secondary N) is 2. The molecule has 0 aliphatic rings. The molecular weight excluding hydrogens is 356 g/mol. The minimum atomic E-state index is -0.266. The molecule has 2 amide bonds. The molecule has 142 valence electrons. The van der Waals surface area contributed by atoms with Crippen molar-refractivity contribution in [2.75, 3.05) is 24.9 Å². The van der Waals surface area contributed by atoms with Gasteiger partial charge in [-0.2, -0.15) is 0 Å². The maximum Gasteiger partial charge on any atom is 0.255 e. The smallest absolute Gasteiger partial charge is 0.255 e. The summed E-state index contributed by atoms with van der Waals surface area (Å²) in [5, 5.41) is 5.61. The normalized spacial score (nSPS) is 10.1. The number of hydrogen-bond acceptors (Lipinski definition) is 4. The molecule has 0 saturated heterocycles. The number of anilines is 2. The van der Waals surface area contributed by atoms with Gasteiger partial charge in [-0.25, -0.2) is 0 Å². The number of hydrogen-bond donors (Lipinski definition) is 2. The standard InChI is InChI=1S/C22H20N2O4/c1-27-18-13-9-16(10-14-18)21(25)23-17-11-7-15(8-12-17)22(26)24-19-5-3-4-6-20(19)28-2/h3-14H,1-2H3,(H,23,25)(H,24,26). The Bertz CT molecular complexity index is 967. The van der Waals surface area contributed by atoms with Gasteiger partial charge in [-0.05, 0) is 60.7 Å². The van der Waals surface area contributed by atoms with Crippen molar-refractivity contribution in [2.24, 2.45) is 0 Å². The Balaban J connectivity index is 1.65. The van der Waals surface area contributed by atoms with Gasteiger partial charge in [-0.1, -0.05) is 12.1 Å². The highest BCUT2D eigenvalue weighted by Gasteiger charge is 2.10. The number of carbonyl (C=O) groups is 2. The van der Waals surface area contributed by atoms with E-state index >= 15 is 0 Å². The molecule has 0 heterocycles. The molecule has 0 aliphatic heterocycles. The summed E-state index contributed by atoms with van der Waals surface area (Å²) >= 11 is 0. The first-order valence-electron chi connectivity index (χ1n) is 8.60. The van der Waals surface area contributed by atoms with Crippen molar-refractivity contribution in [3.8, 4) is 11.5 Å². The average Bonchev–Trinajstić information content (AvgIpc) is 2.74. The summed E-state index contributed by atoms with van der Waals surface area (Å²) in [5.74, 6) is 0.757. The molecular formula is C22H20N2O4. The number of ether oxygens (including phenoxy) is 2. The van der Waals surface area contributed by atoms with E-state index in [1.165, 1.54) is 0 Å². The van der Waals surface area contributed by atoms with Gasteiger partial charge >= 0.3 is 0 Å². The summed E-state index contributed by atoms with van der Waals surface area (Å²) in [6.07, 6.45) is 0. The Morgan fingerprint density at radius 3 is 1.86 bits per heavy atom. The lowest BCUT2D eigenvalue weighted by molar-refractivity contribution is 0.101. The van der Waals surface area contributed by atoms with Crippen LogP contribution in [0, 0.1) is 0 Å². The maximum absolute atomic E-state index is 12.4. The number of methoxy groups -OCH3 is 2. The summed E-state index contributed by atoms with van der Waals surface area (Å²) < 4.78 is 10.3. The van der Waals surface area contributed by atoms with E-state index in [9.17, 15) is 9.59 Å². The third kappa shape index (κ3) is 4.48. The van der Waals surface area contributed by atoms with Gasteiger partial charge in [-0.15, -0.1) is 0 Å². The topological polar surface area (TPSA) is 76.7 Å². The van der Waals surface area contributed by atoms with Crippen LogP contribution in [0.15, 0.2) is 72.8 Å². The third-order valence-electron chi connectivity index (χ3n) is 4.11. The molecule has 6 heteroatoms. The van der Waals surface area contributed by atoms with Crippen LogP contribution in [0.25, 0.3) is 0 Å². The zero-order chi connectivity index (χ0) is 19.9. The van der Waals surface area contributed by atoms with Crippen LogP contribution in [0.4, 0.5) is 11.4 Å². The molecule has 0 atom stereocenters. The number of amides is 2. The largest absolute Gasteiger partial charge is 0.497 e. The van der Waals surface area contributed by atoms with Crippen molar-refractivity contribution in [1.29, 1.82) is 0 Å². The first-order chi connectivity index (χ1) is 13.6. The van der Waals surface area contributed by atoms with Gasteiger partial charge in [0.25, 0.3) is 11.8 Å². The van der Waals surface area contributed by atoms with Crippen LogP contribution >= 0.6 is 0 Å². The number of benzene rings is 3. The molecule has 0 bridgehead atoms. The van der Waals surface area contributed by atoms with Crippen molar-refractivity contribution in [3.05, 3.63) is 83.9 Å². The van der Waals surface area contributed by atoms with E-state index in [0.29, 0.717) is 34.0 Å². The van der Waals surface area contributed by atoms with Gasteiger partial charge in [0, 0.05) is 16.8 Å². The molecule has 2 N–H and O–H groups in total. The number of carbonyl (C=O) groups excluding carboxylic acids is 2. The molecule has 0 saturated carbocycles. The van der Waals surface area contributed by atoms with Crippen LogP contribution in [0.1, 0.15) is 20.7 Å². The molecule has 0 aliphatic carbocycles. The van der Waals surface area contributed by atoms with Gasteiger partial charge in [-0.3, -0.25) is 9.59 Å². The highest BCUT2D eigenvalue weighted by atomic mass is 16.5. The fourth-order valence-electron chi connectivity index (χ4n) is 2.59. The average molecular weight is 376 g/mol. The fraction of sp³-hybridized carbons (Fsp3) is 0.0909. The molecule has 6 nitrogen and oxygen atoms in total. The van der Waals surface area contributed by atoms with E-state index in [-0.39, 0.29) is 11.8 Å². The maximum atomic E-state index is 12.4. The van der Waals surface area contributed by atoms with Crippen LogP contribution in [0.5, 0.6) is 11.5 Å². The van der Waals surface area contributed by atoms with Crippen molar-refractivity contribution < 1.29 is 19.1 Å². The van der Waals surface area contributed by atoms with Crippen LogP contribution < -0.4 is 20.1 Å². The van der Waals surface area contributed by atoms with Gasteiger partial charge in [0.2, 0.25) is 0 Å². The molecule has 0 spiro atoms. The predicted molar refractivity (Wildman–Crippen MR) is 108 cm³/mol. The third-order valence-corrected chi connectivity index (χ3v) is 4.11. The van der Waals surface area contributed by atoms with E-state index in [2.05, 4.69) is 10.6 Å². The van der Waals surface area contributed by atoms with Crippen molar-refractivity contribution in [2.45, 2.75) is 0 Å². The predicted octanol–water partition coefficient (Wildman–Crippen LogP) is 4.21. The van der Waals surface area contributed by atoms with Gasteiger partial charge in [0.1, 0.15) is 11.5 Å². The molecule has 0 radical (unpaired) electrons. The van der Waals surface area contributed by atoms with E-state index in [0.717, 1.165) is 0 Å². The summed E-state index contributed by atoms with van der Waals surface area (Å²) in [7, 11) is 3.12.